The minimum absolute atomic E-state index is 0.433. The number of rotatable bonds is 6. The molecule has 0 amide bonds. The van der Waals surface area contributed by atoms with E-state index in [1.165, 1.54) is 6.42 Å². The molecule has 1 aliphatic rings. The lowest BCUT2D eigenvalue weighted by Gasteiger charge is -2.38. The third kappa shape index (κ3) is 4.27. The number of nitrogens with one attached hydrogen (secondary N) is 1. The van der Waals surface area contributed by atoms with E-state index in [0.29, 0.717) is 12.1 Å². The van der Waals surface area contributed by atoms with Gasteiger partial charge in [0, 0.05) is 31.4 Å². The highest BCUT2D eigenvalue weighted by Gasteiger charge is 2.28. The van der Waals surface area contributed by atoms with Gasteiger partial charge >= 0.3 is 0 Å². The highest BCUT2D eigenvalue weighted by atomic mass is 16.5. The Morgan fingerprint density at radius 3 is 3.11 bits per heavy atom. The van der Waals surface area contributed by atoms with Crippen LogP contribution in [0.3, 0.4) is 0 Å². The van der Waals surface area contributed by atoms with Gasteiger partial charge in [-0.1, -0.05) is 13.0 Å². The van der Waals surface area contributed by atoms with Crippen molar-refractivity contribution in [2.24, 2.45) is 0 Å². The van der Waals surface area contributed by atoms with Gasteiger partial charge in [-0.2, -0.15) is 0 Å². The molecule has 2 heterocycles. The molecule has 2 rings (SSSR count). The molecule has 2 atom stereocenters. The highest BCUT2D eigenvalue weighted by molar-refractivity contribution is 5.04. The molecule has 0 spiro atoms. The third-order valence-electron chi connectivity index (χ3n) is 3.69. The van der Waals surface area contributed by atoms with Gasteiger partial charge in [0.15, 0.2) is 0 Å². The van der Waals surface area contributed by atoms with Gasteiger partial charge in [-0.25, -0.2) is 0 Å². The molecule has 0 aromatic carbocycles. The van der Waals surface area contributed by atoms with Crippen molar-refractivity contribution < 1.29 is 4.74 Å². The summed E-state index contributed by atoms with van der Waals surface area (Å²) < 4.78 is 5.65. The van der Waals surface area contributed by atoms with Gasteiger partial charge < -0.3 is 10.1 Å². The van der Waals surface area contributed by atoms with Crippen LogP contribution in [0.1, 0.15) is 25.5 Å². The second-order valence-electron chi connectivity index (χ2n) is 5.23. The molecule has 4 nitrogen and oxygen atoms in total. The van der Waals surface area contributed by atoms with Crippen molar-refractivity contribution in [1.29, 1.82) is 0 Å². The molecule has 19 heavy (non-hydrogen) atoms. The zero-order chi connectivity index (χ0) is 13.5. The smallest absolute Gasteiger partial charge is 0.0637 e. The van der Waals surface area contributed by atoms with Crippen molar-refractivity contribution in [1.82, 2.24) is 15.2 Å². The topological polar surface area (TPSA) is 37.4 Å². The van der Waals surface area contributed by atoms with E-state index in [1.54, 1.807) is 0 Å². The Kier molecular flexibility index (Phi) is 5.76. The average molecular weight is 263 g/mol. The molecule has 1 N–H and O–H groups in total. The first-order valence-corrected chi connectivity index (χ1v) is 7.22. The van der Waals surface area contributed by atoms with Crippen LogP contribution in [0.25, 0.3) is 0 Å². The first kappa shape index (κ1) is 14.4. The largest absolute Gasteiger partial charge is 0.380 e. The van der Waals surface area contributed by atoms with Crippen molar-refractivity contribution in [2.75, 3.05) is 26.8 Å². The van der Waals surface area contributed by atoms with E-state index >= 15 is 0 Å². The van der Waals surface area contributed by atoms with Crippen LogP contribution in [0, 0.1) is 0 Å². The Bertz CT molecular complexity index is 358. The Balaban J connectivity index is 1.93. The fraction of sp³-hybridized carbons (Fsp3) is 0.667. The minimum Gasteiger partial charge on any atom is -0.380 e. The van der Waals surface area contributed by atoms with Gasteiger partial charge in [0.2, 0.25) is 0 Å². The zero-order valence-electron chi connectivity index (χ0n) is 12.0. The van der Waals surface area contributed by atoms with Crippen LogP contribution >= 0.6 is 0 Å². The average Bonchev–Trinajstić information content (AvgIpc) is 2.46. The van der Waals surface area contributed by atoms with E-state index in [4.69, 9.17) is 4.74 Å². The lowest BCUT2D eigenvalue weighted by Crippen LogP contribution is -2.54. The summed E-state index contributed by atoms with van der Waals surface area (Å²) in [4.78, 5) is 6.75. The number of hydrogen-bond donors (Lipinski definition) is 1. The molecular weight excluding hydrogens is 238 g/mol. The van der Waals surface area contributed by atoms with Gasteiger partial charge in [-0.3, -0.25) is 9.88 Å². The minimum atomic E-state index is 0.433. The maximum Gasteiger partial charge on any atom is 0.0637 e. The fourth-order valence-corrected chi connectivity index (χ4v) is 2.59. The molecule has 106 valence electrons. The Morgan fingerprint density at radius 1 is 1.47 bits per heavy atom. The standard InChI is InChI=1S/C15H25N3O/c1-3-8-17-14-7-10-19-12-15(14)18(2)11-13-6-4-5-9-16-13/h4-6,9,14-15,17H,3,7-8,10-12H2,1-2H3. The Hall–Kier alpha value is -0.970. The summed E-state index contributed by atoms with van der Waals surface area (Å²) in [5.41, 5.74) is 1.12. The van der Waals surface area contributed by atoms with E-state index in [-0.39, 0.29) is 0 Å². The van der Waals surface area contributed by atoms with Crippen LogP contribution < -0.4 is 5.32 Å². The molecule has 1 fully saturated rings. The third-order valence-corrected chi connectivity index (χ3v) is 3.69. The summed E-state index contributed by atoms with van der Waals surface area (Å²) in [6, 6.07) is 7.04. The number of nitrogens with zero attached hydrogens (tertiary/aromatic N) is 2. The predicted molar refractivity (Wildman–Crippen MR) is 77.0 cm³/mol. The summed E-state index contributed by atoms with van der Waals surface area (Å²) in [7, 11) is 2.16. The Morgan fingerprint density at radius 2 is 2.37 bits per heavy atom. The number of aromatic nitrogens is 1. The first-order valence-electron chi connectivity index (χ1n) is 7.22. The fourth-order valence-electron chi connectivity index (χ4n) is 2.59. The van der Waals surface area contributed by atoms with Crippen molar-refractivity contribution in [3.05, 3.63) is 30.1 Å². The highest BCUT2D eigenvalue weighted by Crippen LogP contribution is 2.15. The van der Waals surface area contributed by atoms with Crippen molar-refractivity contribution >= 4 is 0 Å². The molecule has 2 unspecified atom stereocenters. The van der Waals surface area contributed by atoms with Crippen molar-refractivity contribution in [3.63, 3.8) is 0 Å². The molecule has 0 aliphatic carbocycles. The van der Waals surface area contributed by atoms with E-state index in [9.17, 15) is 0 Å². The van der Waals surface area contributed by atoms with Crippen LogP contribution in [0.5, 0.6) is 0 Å². The summed E-state index contributed by atoms with van der Waals surface area (Å²) in [6.07, 6.45) is 4.12. The molecule has 1 saturated heterocycles. The van der Waals surface area contributed by atoms with Crippen LogP contribution in [0.2, 0.25) is 0 Å². The molecular formula is C15H25N3O. The number of ether oxygens (including phenoxy) is 1. The monoisotopic (exact) mass is 263 g/mol. The quantitative estimate of drug-likeness (QED) is 0.847. The summed E-state index contributed by atoms with van der Waals surface area (Å²) in [5, 5.41) is 3.65. The predicted octanol–water partition coefficient (Wildman–Crippen LogP) is 1.67. The van der Waals surface area contributed by atoms with Gasteiger partial charge in [0.1, 0.15) is 0 Å². The lowest BCUT2D eigenvalue weighted by atomic mass is 10.0. The van der Waals surface area contributed by atoms with Crippen molar-refractivity contribution in [2.45, 2.75) is 38.4 Å². The maximum absolute atomic E-state index is 5.65. The van der Waals surface area contributed by atoms with Gasteiger partial charge in [0.05, 0.1) is 12.3 Å². The van der Waals surface area contributed by atoms with E-state index in [0.717, 1.165) is 38.4 Å². The van der Waals surface area contributed by atoms with Crippen LogP contribution in [0.4, 0.5) is 0 Å². The van der Waals surface area contributed by atoms with E-state index < -0.39 is 0 Å². The van der Waals surface area contributed by atoms with Gasteiger partial charge in [0.25, 0.3) is 0 Å². The SMILES string of the molecule is CCCNC1CCOCC1N(C)Cc1ccccn1. The lowest BCUT2D eigenvalue weighted by molar-refractivity contribution is 0.00315. The zero-order valence-corrected chi connectivity index (χ0v) is 12.0. The van der Waals surface area contributed by atoms with Gasteiger partial charge in [-0.15, -0.1) is 0 Å². The summed E-state index contributed by atoms with van der Waals surface area (Å²) in [5.74, 6) is 0. The number of pyridine rings is 1. The molecule has 1 aromatic rings. The van der Waals surface area contributed by atoms with E-state index in [2.05, 4.69) is 35.2 Å². The van der Waals surface area contributed by atoms with Crippen molar-refractivity contribution in [3.8, 4) is 0 Å². The first-order chi connectivity index (χ1) is 9.31. The number of likely N-dealkylation sites (N-methyl/N-ethyl adjacent to an activating group) is 1. The number of hydrogen-bond acceptors (Lipinski definition) is 4. The van der Waals surface area contributed by atoms with Crippen LogP contribution in [-0.2, 0) is 11.3 Å². The summed E-state index contributed by atoms with van der Waals surface area (Å²) in [6.45, 7) is 5.84. The molecule has 1 aliphatic heterocycles. The normalized spacial score (nSPS) is 23.7. The van der Waals surface area contributed by atoms with E-state index in [1.807, 2.05) is 18.3 Å². The van der Waals surface area contributed by atoms with Gasteiger partial charge in [-0.05, 0) is 38.6 Å². The second kappa shape index (κ2) is 7.58. The molecule has 0 saturated carbocycles. The Labute approximate surface area is 116 Å². The van der Waals surface area contributed by atoms with Crippen LogP contribution in [-0.4, -0.2) is 48.8 Å². The molecule has 0 bridgehead atoms. The summed E-state index contributed by atoms with van der Waals surface area (Å²) >= 11 is 0. The maximum atomic E-state index is 5.65. The molecule has 1 aromatic heterocycles. The second-order valence-corrected chi connectivity index (χ2v) is 5.23. The molecule has 4 heteroatoms. The molecule has 0 radical (unpaired) electrons. The van der Waals surface area contributed by atoms with Crippen LogP contribution in [0.15, 0.2) is 24.4 Å².